The van der Waals surface area contributed by atoms with Crippen LogP contribution in [0.15, 0.2) is 6.07 Å². The Balaban J connectivity index is 2.94. The van der Waals surface area contributed by atoms with Crippen molar-refractivity contribution in [1.29, 1.82) is 0 Å². The molecule has 0 fully saturated rings. The second-order valence-electron chi connectivity index (χ2n) is 2.48. The van der Waals surface area contributed by atoms with Gasteiger partial charge in [-0.2, -0.15) is 0 Å². The molecule has 0 spiro atoms. The third-order valence-electron chi connectivity index (χ3n) is 1.57. The van der Waals surface area contributed by atoms with E-state index in [1.54, 1.807) is 6.07 Å². The monoisotopic (exact) mass is 300 g/mol. The molecule has 1 unspecified atom stereocenters. The molecule has 0 amide bonds. The van der Waals surface area contributed by atoms with Crippen LogP contribution in [0.25, 0.3) is 0 Å². The largest absolute Gasteiger partial charge is 0.293 e. The lowest BCUT2D eigenvalue weighted by Gasteiger charge is -2.03. The van der Waals surface area contributed by atoms with Crippen LogP contribution in [-0.2, 0) is 0 Å². The molecule has 5 heteroatoms. The summed E-state index contributed by atoms with van der Waals surface area (Å²) < 4.78 is 1.01. The van der Waals surface area contributed by atoms with Crippen LogP contribution in [-0.4, -0.2) is 10.6 Å². The van der Waals surface area contributed by atoms with E-state index < -0.39 is 0 Å². The molecule has 0 radical (unpaired) electrons. The minimum Gasteiger partial charge on any atom is -0.293 e. The molecule has 0 bridgehead atoms. The molecular weight excluding hydrogens is 295 g/mol. The van der Waals surface area contributed by atoms with Gasteiger partial charge in [0.1, 0.15) is 4.34 Å². The lowest BCUT2D eigenvalue weighted by molar-refractivity contribution is 0.0991. The molecular formula is C8H7BrCl2OS. The van der Waals surface area contributed by atoms with Crippen LogP contribution >= 0.6 is 50.5 Å². The Labute approximate surface area is 99.2 Å². The molecule has 0 saturated heterocycles. The van der Waals surface area contributed by atoms with Crippen molar-refractivity contribution in [2.24, 2.45) is 0 Å². The molecule has 72 valence electrons. The van der Waals surface area contributed by atoms with Crippen molar-refractivity contribution in [3.05, 3.63) is 20.3 Å². The topological polar surface area (TPSA) is 17.1 Å². The number of hydrogen-bond donors (Lipinski definition) is 0. The van der Waals surface area contributed by atoms with E-state index in [-0.39, 0.29) is 10.6 Å². The zero-order chi connectivity index (χ0) is 10.0. The predicted molar refractivity (Wildman–Crippen MR) is 61.7 cm³/mol. The van der Waals surface area contributed by atoms with E-state index in [0.29, 0.717) is 14.2 Å². The minimum absolute atomic E-state index is 0.00403. The summed E-state index contributed by atoms with van der Waals surface area (Å²) in [5.74, 6) is -0.00403. The highest BCUT2D eigenvalue weighted by atomic mass is 79.9. The van der Waals surface area contributed by atoms with E-state index in [0.717, 1.165) is 6.42 Å². The maximum Gasteiger partial charge on any atom is 0.178 e. The first-order chi connectivity index (χ1) is 6.06. The second kappa shape index (κ2) is 4.78. The third-order valence-corrected chi connectivity index (χ3v) is 4.12. The minimum atomic E-state index is -0.171. The lowest BCUT2D eigenvalue weighted by atomic mass is 10.1. The molecule has 13 heavy (non-hydrogen) atoms. The molecule has 1 aromatic rings. The van der Waals surface area contributed by atoms with Gasteiger partial charge in [-0.3, -0.25) is 4.79 Å². The van der Waals surface area contributed by atoms with Crippen molar-refractivity contribution in [2.75, 3.05) is 0 Å². The number of hydrogen-bond acceptors (Lipinski definition) is 2. The van der Waals surface area contributed by atoms with Crippen LogP contribution < -0.4 is 0 Å². The predicted octanol–water partition coefficient (Wildman–Crippen LogP) is 4.41. The highest BCUT2D eigenvalue weighted by molar-refractivity contribution is 9.10. The summed E-state index contributed by atoms with van der Waals surface area (Å²) in [4.78, 5) is 11.5. The van der Waals surface area contributed by atoms with Crippen molar-refractivity contribution in [2.45, 2.75) is 18.2 Å². The van der Waals surface area contributed by atoms with Crippen LogP contribution in [0.1, 0.15) is 23.7 Å². The highest BCUT2D eigenvalue weighted by Crippen LogP contribution is 2.32. The van der Waals surface area contributed by atoms with Gasteiger partial charge in [-0.05, 0) is 12.5 Å². The van der Waals surface area contributed by atoms with Crippen LogP contribution in [0, 0.1) is 0 Å². The quantitative estimate of drug-likeness (QED) is 0.597. The smallest absolute Gasteiger partial charge is 0.178 e. The average molecular weight is 302 g/mol. The summed E-state index contributed by atoms with van der Waals surface area (Å²) in [6.07, 6.45) is 0.739. The Morgan fingerprint density at radius 3 is 2.69 bits per heavy atom. The summed E-state index contributed by atoms with van der Waals surface area (Å²) in [5.41, 5.74) is 0.514. The van der Waals surface area contributed by atoms with Crippen molar-refractivity contribution >= 4 is 56.3 Å². The van der Waals surface area contributed by atoms with E-state index in [1.165, 1.54) is 11.3 Å². The van der Waals surface area contributed by atoms with Gasteiger partial charge < -0.3 is 0 Å². The fourth-order valence-corrected chi connectivity index (χ4v) is 2.58. The molecule has 1 nitrogen and oxygen atoms in total. The van der Waals surface area contributed by atoms with Crippen LogP contribution in [0.3, 0.4) is 0 Å². The number of ketones is 1. The molecule has 0 aliphatic rings. The molecule has 1 atom stereocenters. The number of carbonyl (C=O) groups is 1. The van der Waals surface area contributed by atoms with Gasteiger partial charge in [0.25, 0.3) is 0 Å². The van der Waals surface area contributed by atoms with Crippen molar-refractivity contribution in [1.82, 2.24) is 0 Å². The van der Waals surface area contributed by atoms with Crippen LogP contribution in [0.5, 0.6) is 0 Å². The van der Waals surface area contributed by atoms with Gasteiger partial charge >= 0.3 is 0 Å². The Bertz CT molecular complexity index is 324. The number of Topliss-reactive ketones (excluding diaryl/α,β-unsaturated/α-hetero) is 1. The van der Waals surface area contributed by atoms with Crippen molar-refractivity contribution in [3.63, 3.8) is 0 Å². The molecule has 0 N–H and O–H groups in total. The van der Waals surface area contributed by atoms with E-state index in [1.807, 2.05) is 6.92 Å². The van der Waals surface area contributed by atoms with Crippen LogP contribution in [0.2, 0.25) is 8.67 Å². The fraction of sp³-hybridized carbons (Fsp3) is 0.375. The average Bonchev–Trinajstić information content (AvgIpc) is 2.42. The summed E-state index contributed by atoms with van der Waals surface area (Å²) in [5, 5.41) is 0. The van der Waals surface area contributed by atoms with Crippen LogP contribution in [0.4, 0.5) is 0 Å². The molecule has 1 aromatic heterocycles. The Morgan fingerprint density at radius 1 is 1.69 bits per heavy atom. The maximum absolute atomic E-state index is 11.6. The molecule has 0 aromatic carbocycles. The molecule has 1 rings (SSSR count). The highest BCUT2D eigenvalue weighted by Gasteiger charge is 2.19. The number of alkyl halides is 1. The van der Waals surface area contributed by atoms with Gasteiger partial charge in [-0.15, -0.1) is 11.3 Å². The first-order valence-corrected chi connectivity index (χ1v) is 6.18. The lowest BCUT2D eigenvalue weighted by Crippen LogP contribution is -2.12. The first-order valence-electron chi connectivity index (χ1n) is 3.69. The third kappa shape index (κ3) is 2.69. The summed E-state index contributed by atoms with van der Waals surface area (Å²) >= 11 is 16.0. The summed E-state index contributed by atoms with van der Waals surface area (Å²) in [6, 6.07) is 1.61. The SMILES string of the molecule is CCC(Br)C(=O)c1cc(Cl)sc1Cl. The van der Waals surface area contributed by atoms with Gasteiger partial charge in [0.05, 0.1) is 9.16 Å². The fourth-order valence-electron chi connectivity index (χ4n) is 0.862. The van der Waals surface area contributed by atoms with Gasteiger partial charge in [0.2, 0.25) is 0 Å². The standard InChI is InChI=1S/C8H7BrCl2OS/c1-2-5(9)7(12)4-3-6(10)13-8(4)11/h3,5H,2H2,1H3. The van der Waals surface area contributed by atoms with Crippen molar-refractivity contribution in [3.8, 4) is 0 Å². The summed E-state index contributed by atoms with van der Waals surface area (Å²) in [6.45, 7) is 1.93. The van der Waals surface area contributed by atoms with Crippen molar-refractivity contribution < 1.29 is 4.79 Å². The zero-order valence-electron chi connectivity index (χ0n) is 6.81. The first kappa shape index (κ1) is 11.5. The van der Waals surface area contributed by atoms with E-state index >= 15 is 0 Å². The van der Waals surface area contributed by atoms with E-state index in [9.17, 15) is 4.79 Å². The molecule has 1 heterocycles. The number of rotatable bonds is 3. The van der Waals surface area contributed by atoms with E-state index in [2.05, 4.69) is 15.9 Å². The second-order valence-corrected chi connectivity index (χ2v) is 5.87. The number of thiophene rings is 1. The number of carbonyl (C=O) groups excluding carboxylic acids is 1. The molecule has 0 saturated carbocycles. The van der Waals surface area contributed by atoms with Gasteiger partial charge in [-0.25, -0.2) is 0 Å². The van der Waals surface area contributed by atoms with E-state index in [4.69, 9.17) is 23.2 Å². The van der Waals surface area contributed by atoms with Gasteiger partial charge in [-0.1, -0.05) is 46.1 Å². The Kier molecular flexibility index (Phi) is 4.23. The van der Waals surface area contributed by atoms with Gasteiger partial charge in [0, 0.05) is 5.56 Å². The molecule has 0 aliphatic heterocycles. The Hall–Kier alpha value is 0.430. The maximum atomic E-state index is 11.6. The normalized spacial score (nSPS) is 12.9. The summed E-state index contributed by atoms with van der Waals surface area (Å²) in [7, 11) is 0. The van der Waals surface area contributed by atoms with Gasteiger partial charge in [0.15, 0.2) is 5.78 Å². The zero-order valence-corrected chi connectivity index (χ0v) is 10.7. The molecule has 0 aliphatic carbocycles. The number of halogens is 3. The Morgan fingerprint density at radius 2 is 2.31 bits per heavy atom.